The third-order valence-corrected chi connectivity index (χ3v) is 3.25. The molecular formula is C17H27F3IN3O2. The Labute approximate surface area is 169 Å². The molecule has 5 nitrogen and oxygen atoms in total. The summed E-state index contributed by atoms with van der Waals surface area (Å²) in [5, 5.41) is 6.19. The SMILES string of the molecule is CCOCCCNC(=NC)NCc1ccc(C)cc1OCC(F)(F)F.I. The predicted molar refractivity (Wildman–Crippen MR) is 107 cm³/mol. The van der Waals surface area contributed by atoms with Crippen molar-refractivity contribution in [1.29, 1.82) is 0 Å². The lowest BCUT2D eigenvalue weighted by molar-refractivity contribution is -0.153. The van der Waals surface area contributed by atoms with E-state index in [0.717, 1.165) is 12.0 Å². The van der Waals surface area contributed by atoms with Gasteiger partial charge in [-0.05, 0) is 31.9 Å². The van der Waals surface area contributed by atoms with Gasteiger partial charge in [0.05, 0.1) is 0 Å². The molecule has 0 bridgehead atoms. The van der Waals surface area contributed by atoms with E-state index in [0.29, 0.717) is 37.8 Å². The standard InChI is InChI=1S/C17H26F3N3O2.HI/c1-4-24-9-5-8-22-16(21-3)23-11-14-7-6-13(2)10-15(14)25-12-17(18,19)20;/h6-7,10H,4-5,8-9,11-12H2,1-3H3,(H2,21,22,23);1H. The van der Waals surface area contributed by atoms with E-state index in [2.05, 4.69) is 15.6 Å². The van der Waals surface area contributed by atoms with Crippen LogP contribution in [0.5, 0.6) is 5.75 Å². The van der Waals surface area contributed by atoms with Gasteiger partial charge in [-0.2, -0.15) is 13.2 Å². The second kappa shape index (κ2) is 13.0. The van der Waals surface area contributed by atoms with E-state index in [1.807, 2.05) is 13.0 Å². The van der Waals surface area contributed by atoms with E-state index >= 15 is 0 Å². The van der Waals surface area contributed by atoms with Crippen molar-refractivity contribution < 1.29 is 22.6 Å². The summed E-state index contributed by atoms with van der Waals surface area (Å²) in [7, 11) is 1.63. The van der Waals surface area contributed by atoms with Crippen LogP contribution in [0.4, 0.5) is 13.2 Å². The third-order valence-electron chi connectivity index (χ3n) is 3.25. The average molecular weight is 489 g/mol. The fraction of sp³-hybridized carbons (Fsp3) is 0.588. The molecule has 0 aliphatic rings. The molecule has 150 valence electrons. The Morgan fingerprint density at radius 3 is 2.58 bits per heavy atom. The van der Waals surface area contributed by atoms with Gasteiger partial charge in [0.2, 0.25) is 0 Å². The Morgan fingerprint density at radius 1 is 1.23 bits per heavy atom. The molecule has 0 heterocycles. The summed E-state index contributed by atoms with van der Waals surface area (Å²) >= 11 is 0. The first kappa shape index (κ1) is 24.8. The van der Waals surface area contributed by atoms with Crippen molar-refractivity contribution in [1.82, 2.24) is 10.6 Å². The highest BCUT2D eigenvalue weighted by molar-refractivity contribution is 14.0. The molecule has 0 saturated carbocycles. The van der Waals surface area contributed by atoms with Crippen LogP contribution in [0.15, 0.2) is 23.2 Å². The maximum absolute atomic E-state index is 12.4. The van der Waals surface area contributed by atoms with Gasteiger partial charge in [-0.3, -0.25) is 4.99 Å². The number of benzene rings is 1. The zero-order valence-corrected chi connectivity index (χ0v) is 17.6. The molecule has 0 spiro atoms. The lowest BCUT2D eigenvalue weighted by atomic mass is 10.1. The minimum atomic E-state index is -4.37. The van der Waals surface area contributed by atoms with Crippen molar-refractivity contribution in [2.45, 2.75) is 33.0 Å². The summed E-state index contributed by atoms with van der Waals surface area (Å²) in [5.41, 5.74) is 1.46. The second-order valence-corrected chi connectivity index (χ2v) is 5.42. The van der Waals surface area contributed by atoms with Crippen LogP contribution in [0.3, 0.4) is 0 Å². The van der Waals surface area contributed by atoms with Crippen LogP contribution in [0.25, 0.3) is 0 Å². The van der Waals surface area contributed by atoms with Gasteiger partial charge < -0.3 is 20.1 Å². The summed E-state index contributed by atoms with van der Waals surface area (Å²) in [6, 6.07) is 5.17. The molecule has 9 heteroatoms. The van der Waals surface area contributed by atoms with Gasteiger partial charge in [0.25, 0.3) is 0 Å². The molecule has 0 saturated heterocycles. The number of alkyl halides is 3. The van der Waals surface area contributed by atoms with Crippen LogP contribution in [0.1, 0.15) is 24.5 Å². The summed E-state index contributed by atoms with van der Waals surface area (Å²) < 4.78 is 47.4. The van der Waals surface area contributed by atoms with Crippen LogP contribution >= 0.6 is 24.0 Å². The quantitative estimate of drug-likeness (QED) is 0.241. The zero-order valence-electron chi connectivity index (χ0n) is 15.3. The van der Waals surface area contributed by atoms with E-state index in [1.54, 1.807) is 26.1 Å². The van der Waals surface area contributed by atoms with Crippen LogP contribution in [-0.4, -0.2) is 45.5 Å². The maximum atomic E-state index is 12.4. The molecule has 0 unspecified atom stereocenters. The van der Waals surface area contributed by atoms with E-state index < -0.39 is 12.8 Å². The van der Waals surface area contributed by atoms with Crippen molar-refractivity contribution in [3.05, 3.63) is 29.3 Å². The molecule has 0 atom stereocenters. The van der Waals surface area contributed by atoms with Crippen molar-refractivity contribution in [2.24, 2.45) is 4.99 Å². The Kier molecular flexibility index (Phi) is 12.4. The normalized spacial score (nSPS) is 11.7. The first-order chi connectivity index (χ1) is 11.9. The molecule has 2 N–H and O–H groups in total. The molecule has 0 aliphatic heterocycles. The molecule has 0 aromatic heterocycles. The lowest BCUT2D eigenvalue weighted by Gasteiger charge is -2.16. The van der Waals surface area contributed by atoms with Gasteiger partial charge in [0.15, 0.2) is 12.6 Å². The number of aliphatic imine (C=N–C) groups is 1. The van der Waals surface area contributed by atoms with Crippen molar-refractivity contribution in [2.75, 3.05) is 33.4 Å². The zero-order chi connectivity index (χ0) is 18.7. The van der Waals surface area contributed by atoms with Crippen molar-refractivity contribution in [3.63, 3.8) is 0 Å². The molecule has 1 aromatic rings. The fourth-order valence-corrected chi connectivity index (χ4v) is 2.03. The molecule has 1 rings (SSSR count). The molecule has 0 fully saturated rings. The minimum Gasteiger partial charge on any atom is -0.484 e. The molecular weight excluding hydrogens is 462 g/mol. The number of nitrogens with one attached hydrogen (secondary N) is 2. The Morgan fingerprint density at radius 2 is 1.96 bits per heavy atom. The number of aryl methyl sites for hydroxylation is 1. The lowest BCUT2D eigenvalue weighted by Crippen LogP contribution is -2.37. The Balaban J connectivity index is 0.00000625. The van der Waals surface area contributed by atoms with Gasteiger partial charge in [-0.15, -0.1) is 24.0 Å². The molecule has 1 aromatic carbocycles. The van der Waals surface area contributed by atoms with Crippen LogP contribution in [0, 0.1) is 6.92 Å². The van der Waals surface area contributed by atoms with E-state index in [4.69, 9.17) is 9.47 Å². The maximum Gasteiger partial charge on any atom is 0.422 e. The van der Waals surface area contributed by atoms with E-state index in [-0.39, 0.29) is 29.7 Å². The summed E-state index contributed by atoms with van der Waals surface area (Å²) in [6.45, 7) is 4.76. The molecule has 0 aliphatic carbocycles. The third kappa shape index (κ3) is 10.7. The number of hydrogen-bond acceptors (Lipinski definition) is 3. The van der Waals surface area contributed by atoms with Gasteiger partial charge >= 0.3 is 6.18 Å². The molecule has 0 radical (unpaired) electrons. The minimum absolute atomic E-state index is 0. The second-order valence-electron chi connectivity index (χ2n) is 5.42. The fourth-order valence-electron chi connectivity index (χ4n) is 2.03. The number of hydrogen-bond donors (Lipinski definition) is 2. The summed E-state index contributed by atoms with van der Waals surface area (Å²) in [6.07, 6.45) is -3.54. The number of guanidine groups is 1. The number of ether oxygens (including phenoxy) is 2. The highest BCUT2D eigenvalue weighted by Crippen LogP contribution is 2.23. The Bertz CT molecular complexity index is 555. The summed E-state index contributed by atoms with van der Waals surface area (Å²) in [4.78, 5) is 4.09. The van der Waals surface area contributed by atoms with E-state index in [1.165, 1.54) is 0 Å². The topological polar surface area (TPSA) is 54.9 Å². The smallest absolute Gasteiger partial charge is 0.422 e. The Hall–Kier alpha value is -1.23. The number of rotatable bonds is 9. The molecule has 26 heavy (non-hydrogen) atoms. The first-order valence-electron chi connectivity index (χ1n) is 8.17. The highest BCUT2D eigenvalue weighted by atomic mass is 127. The van der Waals surface area contributed by atoms with Crippen LogP contribution in [0.2, 0.25) is 0 Å². The number of nitrogens with zero attached hydrogens (tertiary/aromatic N) is 1. The first-order valence-corrected chi connectivity index (χ1v) is 8.17. The van der Waals surface area contributed by atoms with Crippen molar-refractivity contribution >= 4 is 29.9 Å². The van der Waals surface area contributed by atoms with Gasteiger partial charge in [0, 0.05) is 38.9 Å². The number of halogens is 4. The monoisotopic (exact) mass is 489 g/mol. The van der Waals surface area contributed by atoms with Gasteiger partial charge in [0.1, 0.15) is 5.75 Å². The largest absolute Gasteiger partial charge is 0.484 e. The average Bonchev–Trinajstić information content (AvgIpc) is 2.56. The van der Waals surface area contributed by atoms with Crippen LogP contribution < -0.4 is 15.4 Å². The van der Waals surface area contributed by atoms with Gasteiger partial charge in [-0.1, -0.05) is 12.1 Å². The summed E-state index contributed by atoms with van der Waals surface area (Å²) in [5.74, 6) is 0.787. The highest BCUT2D eigenvalue weighted by Gasteiger charge is 2.28. The van der Waals surface area contributed by atoms with Gasteiger partial charge in [-0.25, -0.2) is 0 Å². The van der Waals surface area contributed by atoms with E-state index in [9.17, 15) is 13.2 Å². The molecule has 0 amide bonds. The van der Waals surface area contributed by atoms with Crippen LogP contribution in [-0.2, 0) is 11.3 Å². The predicted octanol–water partition coefficient (Wildman–Crippen LogP) is 3.65. The van der Waals surface area contributed by atoms with Crippen molar-refractivity contribution in [3.8, 4) is 5.75 Å².